The number of nitrogens with zero attached hydrogens (tertiary/aromatic N) is 3. The number of likely N-dealkylation sites (tertiary alicyclic amines) is 1. The molecule has 0 bridgehead atoms. The minimum Gasteiger partial charge on any atom is -0.507 e. The Labute approximate surface area is 155 Å². The number of aryl methyl sites for hydroxylation is 2. The van der Waals surface area contributed by atoms with E-state index in [4.69, 9.17) is 0 Å². The average molecular weight is 352 g/mol. The zero-order chi connectivity index (χ0) is 18.1. The fraction of sp³-hybridized carbons (Fsp3) is 0.524. The number of likely N-dealkylation sites (N-methyl/N-ethyl adjacent to an activating group) is 1. The van der Waals surface area contributed by atoms with E-state index in [9.17, 15) is 5.11 Å². The lowest BCUT2D eigenvalue weighted by molar-refractivity contribution is 0.260. The summed E-state index contributed by atoms with van der Waals surface area (Å²) in [6.45, 7) is 4.26. The number of hydrogen-bond donors (Lipinski definition) is 2. The molecule has 2 aliphatic rings. The predicted octanol–water partition coefficient (Wildman–Crippen LogP) is 3.54. The van der Waals surface area contributed by atoms with Crippen molar-refractivity contribution in [1.29, 1.82) is 0 Å². The molecule has 0 saturated carbocycles. The lowest BCUT2D eigenvalue weighted by atomic mass is 9.86. The van der Waals surface area contributed by atoms with Crippen molar-refractivity contribution in [3.8, 4) is 17.0 Å². The molecule has 5 heteroatoms. The molecule has 1 saturated heterocycles. The van der Waals surface area contributed by atoms with E-state index in [0.29, 0.717) is 11.8 Å². The van der Waals surface area contributed by atoms with Crippen molar-refractivity contribution in [2.24, 2.45) is 0 Å². The Morgan fingerprint density at radius 3 is 2.81 bits per heavy atom. The molecule has 138 valence electrons. The van der Waals surface area contributed by atoms with Crippen LogP contribution in [0.15, 0.2) is 18.2 Å². The second-order valence-electron chi connectivity index (χ2n) is 7.81. The van der Waals surface area contributed by atoms with Crippen LogP contribution in [0.25, 0.3) is 11.3 Å². The maximum atomic E-state index is 10.5. The lowest BCUT2D eigenvalue weighted by Crippen LogP contribution is -2.39. The van der Waals surface area contributed by atoms with Gasteiger partial charge in [-0.05, 0) is 87.9 Å². The van der Waals surface area contributed by atoms with Crippen LogP contribution in [0, 0.1) is 6.92 Å². The summed E-state index contributed by atoms with van der Waals surface area (Å²) in [5.74, 6) is 1.15. The van der Waals surface area contributed by atoms with Crippen LogP contribution in [0.5, 0.6) is 5.75 Å². The van der Waals surface area contributed by atoms with Gasteiger partial charge in [0.25, 0.3) is 0 Å². The lowest BCUT2D eigenvalue weighted by Gasteiger charge is -2.30. The maximum Gasteiger partial charge on any atom is 0.149 e. The second-order valence-corrected chi connectivity index (χ2v) is 7.81. The van der Waals surface area contributed by atoms with E-state index in [-0.39, 0.29) is 0 Å². The normalized spacial score (nSPS) is 20.6. The summed E-state index contributed by atoms with van der Waals surface area (Å²) in [5, 5.41) is 23.0. The van der Waals surface area contributed by atoms with Crippen LogP contribution >= 0.6 is 0 Å². The Balaban J connectivity index is 1.63. The van der Waals surface area contributed by atoms with Gasteiger partial charge in [0.15, 0.2) is 0 Å². The van der Waals surface area contributed by atoms with Crippen molar-refractivity contribution in [2.45, 2.75) is 51.5 Å². The zero-order valence-electron chi connectivity index (χ0n) is 15.8. The highest BCUT2D eigenvalue weighted by Crippen LogP contribution is 2.38. The van der Waals surface area contributed by atoms with Crippen LogP contribution < -0.4 is 5.32 Å². The number of phenols is 1. The Bertz CT molecular complexity index is 805. The quantitative estimate of drug-likeness (QED) is 0.885. The molecule has 2 heterocycles. The average Bonchev–Trinajstić information content (AvgIpc) is 2.63. The molecule has 0 amide bonds. The van der Waals surface area contributed by atoms with Crippen LogP contribution in [0.3, 0.4) is 0 Å². The van der Waals surface area contributed by atoms with Crippen molar-refractivity contribution in [3.05, 3.63) is 34.9 Å². The number of benzene rings is 1. The number of nitrogens with one attached hydrogen (secondary N) is 1. The number of aromatic hydroxyl groups is 1. The summed E-state index contributed by atoms with van der Waals surface area (Å²) < 4.78 is 0. The summed E-state index contributed by atoms with van der Waals surface area (Å²) in [7, 11) is 2.16. The van der Waals surface area contributed by atoms with Crippen LogP contribution in [0.4, 0.5) is 5.82 Å². The van der Waals surface area contributed by atoms with Gasteiger partial charge < -0.3 is 15.3 Å². The molecule has 5 nitrogen and oxygen atoms in total. The molecule has 2 aromatic rings. The van der Waals surface area contributed by atoms with E-state index in [2.05, 4.69) is 46.5 Å². The third kappa shape index (κ3) is 3.40. The van der Waals surface area contributed by atoms with Gasteiger partial charge in [-0.1, -0.05) is 6.07 Å². The number of piperidine rings is 1. The van der Waals surface area contributed by atoms with Gasteiger partial charge in [0, 0.05) is 18.2 Å². The van der Waals surface area contributed by atoms with Crippen LogP contribution in [-0.4, -0.2) is 46.4 Å². The number of anilines is 1. The predicted molar refractivity (Wildman–Crippen MR) is 105 cm³/mol. The van der Waals surface area contributed by atoms with Crippen molar-refractivity contribution < 1.29 is 5.11 Å². The van der Waals surface area contributed by atoms with Crippen molar-refractivity contribution in [2.75, 3.05) is 25.5 Å². The van der Waals surface area contributed by atoms with Crippen LogP contribution in [0.2, 0.25) is 0 Å². The first-order valence-corrected chi connectivity index (χ1v) is 9.75. The fourth-order valence-electron chi connectivity index (χ4n) is 4.38. The Morgan fingerprint density at radius 1 is 1.15 bits per heavy atom. The Morgan fingerprint density at radius 2 is 2.00 bits per heavy atom. The van der Waals surface area contributed by atoms with E-state index in [0.717, 1.165) is 42.0 Å². The highest BCUT2D eigenvalue weighted by molar-refractivity contribution is 5.75. The fourth-order valence-corrected chi connectivity index (χ4v) is 4.38. The first kappa shape index (κ1) is 17.3. The van der Waals surface area contributed by atoms with Crippen molar-refractivity contribution in [3.63, 3.8) is 0 Å². The van der Waals surface area contributed by atoms with Gasteiger partial charge in [0.1, 0.15) is 11.6 Å². The second kappa shape index (κ2) is 7.23. The van der Waals surface area contributed by atoms with E-state index in [1.54, 1.807) is 0 Å². The van der Waals surface area contributed by atoms with E-state index < -0.39 is 0 Å². The van der Waals surface area contributed by atoms with E-state index in [1.807, 2.05) is 6.07 Å². The Kier molecular flexibility index (Phi) is 4.81. The minimum absolute atomic E-state index is 0.317. The highest BCUT2D eigenvalue weighted by Gasteiger charge is 2.21. The largest absolute Gasteiger partial charge is 0.507 e. The van der Waals surface area contributed by atoms with Gasteiger partial charge >= 0.3 is 0 Å². The number of aromatic nitrogens is 2. The number of hydrogen-bond acceptors (Lipinski definition) is 5. The summed E-state index contributed by atoms with van der Waals surface area (Å²) in [5.41, 5.74) is 5.35. The van der Waals surface area contributed by atoms with Crippen LogP contribution in [-0.2, 0) is 12.8 Å². The molecule has 1 fully saturated rings. The molecule has 1 atom stereocenters. The van der Waals surface area contributed by atoms with Gasteiger partial charge in [-0.2, -0.15) is 0 Å². The van der Waals surface area contributed by atoms with Crippen molar-refractivity contribution in [1.82, 2.24) is 15.1 Å². The SMILES string of the molecule is Cc1cc(N[C@@H]2CCCN(C)C2)nnc1-c1c(O)ccc2c1CCCC2. The molecule has 0 spiro atoms. The molecule has 26 heavy (non-hydrogen) atoms. The molecule has 2 N–H and O–H groups in total. The smallest absolute Gasteiger partial charge is 0.149 e. The van der Waals surface area contributed by atoms with Gasteiger partial charge in [-0.3, -0.25) is 0 Å². The molecule has 0 radical (unpaired) electrons. The monoisotopic (exact) mass is 352 g/mol. The van der Waals surface area contributed by atoms with E-state index in [1.165, 1.54) is 43.4 Å². The standard InChI is InChI=1S/C21H28N4O/c1-14-12-19(22-16-7-5-11-25(2)13-16)23-24-21(14)20-17-8-4-3-6-15(17)9-10-18(20)26/h9-10,12,16,26H,3-8,11,13H2,1-2H3,(H,22,23)/t16-/m1/s1. The molecule has 1 aliphatic heterocycles. The van der Waals surface area contributed by atoms with Crippen molar-refractivity contribution >= 4 is 5.82 Å². The summed E-state index contributed by atoms with van der Waals surface area (Å²) in [4.78, 5) is 2.35. The third-order valence-electron chi connectivity index (χ3n) is 5.71. The molecule has 1 aromatic heterocycles. The summed E-state index contributed by atoms with van der Waals surface area (Å²) in [6, 6.07) is 6.36. The highest BCUT2D eigenvalue weighted by atomic mass is 16.3. The topological polar surface area (TPSA) is 61.3 Å². The number of rotatable bonds is 3. The number of fused-ring (bicyclic) bond motifs is 1. The Hall–Kier alpha value is -2.14. The summed E-state index contributed by atoms with van der Waals surface area (Å²) in [6.07, 6.45) is 6.87. The maximum absolute atomic E-state index is 10.5. The van der Waals surface area contributed by atoms with Gasteiger partial charge in [0.2, 0.25) is 0 Å². The van der Waals surface area contributed by atoms with Gasteiger partial charge in [0.05, 0.1) is 5.69 Å². The molecule has 1 aromatic carbocycles. The molecule has 1 aliphatic carbocycles. The number of phenolic OH excluding ortho intramolecular Hbond substituents is 1. The molecular weight excluding hydrogens is 324 g/mol. The molecular formula is C21H28N4O. The summed E-state index contributed by atoms with van der Waals surface area (Å²) >= 11 is 0. The van der Waals surface area contributed by atoms with Gasteiger partial charge in [-0.25, -0.2) is 0 Å². The first-order valence-electron chi connectivity index (χ1n) is 9.75. The van der Waals surface area contributed by atoms with Crippen LogP contribution in [0.1, 0.15) is 42.4 Å². The molecule has 0 unspecified atom stereocenters. The molecule has 4 rings (SSSR count). The third-order valence-corrected chi connectivity index (χ3v) is 5.71. The first-order chi connectivity index (χ1) is 12.6. The minimum atomic E-state index is 0.317. The van der Waals surface area contributed by atoms with E-state index >= 15 is 0 Å². The zero-order valence-corrected chi connectivity index (χ0v) is 15.8. The van der Waals surface area contributed by atoms with Gasteiger partial charge in [-0.15, -0.1) is 10.2 Å².